The van der Waals surface area contributed by atoms with Crippen molar-refractivity contribution < 1.29 is 23.1 Å². The molecule has 2 N–H and O–H groups in total. The van der Waals surface area contributed by atoms with Gasteiger partial charge in [-0.1, -0.05) is 6.92 Å². The fourth-order valence-electron chi connectivity index (χ4n) is 1.90. The number of hydrogen-bond acceptors (Lipinski definition) is 4. The highest BCUT2D eigenvalue weighted by Crippen LogP contribution is 2.17. The largest absolute Gasteiger partial charge is 0.481 e. The van der Waals surface area contributed by atoms with Gasteiger partial charge >= 0.3 is 5.97 Å². The average Bonchev–Trinajstić information content (AvgIpc) is 2.75. The van der Waals surface area contributed by atoms with Crippen molar-refractivity contribution in [2.75, 3.05) is 19.6 Å². The second-order valence-corrected chi connectivity index (χ2v) is 6.23. The third kappa shape index (κ3) is 3.95. The van der Waals surface area contributed by atoms with Crippen molar-refractivity contribution in [2.24, 2.45) is 0 Å². The molecular weight excluding hydrogens is 260 g/mol. The molecule has 8 heteroatoms. The summed E-state index contributed by atoms with van der Waals surface area (Å²) in [7, 11) is -3.37. The van der Waals surface area contributed by atoms with Gasteiger partial charge in [0.1, 0.15) is 0 Å². The number of nitrogens with one attached hydrogen (secondary N) is 1. The van der Waals surface area contributed by atoms with Crippen molar-refractivity contribution in [1.29, 1.82) is 0 Å². The van der Waals surface area contributed by atoms with Crippen LogP contribution in [0.5, 0.6) is 0 Å². The number of rotatable bonds is 6. The molecule has 1 aliphatic heterocycles. The predicted octanol–water partition coefficient (Wildman–Crippen LogP) is -0.609. The summed E-state index contributed by atoms with van der Waals surface area (Å²) in [6.07, 6.45) is 0.0947. The summed E-state index contributed by atoms with van der Waals surface area (Å²) in [5.41, 5.74) is 0. The Labute approximate surface area is 106 Å². The van der Waals surface area contributed by atoms with E-state index in [1.165, 1.54) is 4.90 Å². The van der Waals surface area contributed by atoms with E-state index >= 15 is 0 Å². The molecule has 0 aliphatic carbocycles. The van der Waals surface area contributed by atoms with Crippen molar-refractivity contribution in [2.45, 2.75) is 31.4 Å². The molecule has 0 aromatic heterocycles. The number of carboxylic acid groups (broad SMARTS) is 1. The minimum atomic E-state index is -3.37. The molecule has 0 radical (unpaired) electrons. The topological polar surface area (TPSA) is 104 Å². The van der Waals surface area contributed by atoms with Crippen molar-refractivity contribution >= 4 is 21.9 Å². The van der Waals surface area contributed by atoms with Crippen LogP contribution >= 0.6 is 0 Å². The number of likely N-dealkylation sites (tertiary alicyclic amines) is 1. The molecule has 0 aromatic rings. The number of carbonyl (C=O) groups excluding carboxylic acids is 1. The normalized spacial score (nSPS) is 20.1. The first-order chi connectivity index (χ1) is 8.36. The van der Waals surface area contributed by atoms with E-state index in [0.29, 0.717) is 19.5 Å². The van der Waals surface area contributed by atoms with Crippen LogP contribution in [0.1, 0.15) is 26.2 Å². The molecule has 1 fully saturated rings. The molecular formula is C10H18N2O5S. The van der Waals surface area contributed by atoms with Crippen LogP contribution in [0.15, 0.2) is 0 Å². The van der Waals surface area contributed by atoms with Gasteiger partial charge in [-0.25, -0.2) is 13.1 Å². The van der Waals surface area contributed by atoms with Crippen LogP contribution in [0, 0.1) is 0 Å². The Balaban J connectivity index is 2.51. The van der Waals surface area contributed by atoms with Gasteiger partial charge in [0.2, 0.25) is 15.9 Å². The summed E-state index contributed by atoms with van der Waals surface area (Å²) in [4.78, 5) is 23.4. The van der Waals surface area contributed by atoms with Crippen molar-refractivity contribution in [3.63, 3.8) is 0 Å². The molecule has 1 saturated heterocycles. The van der Waals surface area contributed by atoms with Gasteiger partial charge < -0.3 is 10.0 Å². The van der Waals surface area contributed by atoms with Crippen molar-refractivity contribution in [3.05, 3.63) is 0 Å². The van der Waals surface area contributed by atoms with Crippen molar-refractivity contribution in [1.82, 2.24) is 9.62 Å². The second-order valence-electron chi connectivity index (χ2n) is 4.19. The molecule has 0 bridgehead atoms. The highest BCUT2D eigenvalue weighted by molar-refractivity contribution is 7.90. The molecule has 0 spiro atoms. The Morgan fingerprint density at radius 1 is 1.39 bits per heavy atom. The summed E-state index contributed by atoms with van der Waals surface area (Å²) < 4.78 is 25.9. The van der Waals surface area contributed by atoms with Crippen LogP contribution < -0.4 is 4.72 Å². The Morgan fingerprint density at radius 2 is 2.06 bits per heavy atom. The zero-order valence-corrected chi connectivity index (χ0v) is 11.1. The third-order valence-corrected chi connectivity index (χ3v) is 4.79. The van der Waals surface area contributed by atoms with E-state index in [-0.39, 0.29) is 25.3 Å². The highest BCUT2D eigenvalue weighted by Gasteiger charge is 2.34. The molecule has 1 rings (SSSR count). The number of carboxylic acids is 1. The predicted molar refractivity (Wildman–Crippen MR) is 64.5 cm³/mol. The Morgan fingerprint density at radius 3 is 2.61 bits per heavy atom. The first-order valence-corrected chi connectivity index (χ1v) is 7.39. The number of sulfonamides is 1. The van der Waals surface area contributed by atoms with E-state index in [0.717, 1.165) is 0 Å². The zero-order chi connectivity index (χ0) is 13.8. The smallest absolute Gasteiger partial charge is 0.303 e. The van der Waals surface area contributed by atoms with Gasteiger partial charge in [-0.05, 0) is 6.42 Å². The van der Waals surface area contributed by atoms with E-state index < -0.39 is 21.2 Å². The fourth-order valence-corrected chi connectivity index (χ4v) is 3.33. The van der Waals surface area contributed by atoms with Gasteiger partial charge in [-0.3, -0.25) is 9.59 Å². The van der Waals surface area contributed by atoms with Crippen LogP contribution in [-0.2, 0) is 19.6 Å². The molecule has 7 nitrogen and oxygen atoms in total. The number of carbonyl (C=O) groups is 2. The molecule has 1 unspecified atom stereocenters. The highest BCUT2D eigenvalue weighted by atomic mass is 32.2. The lowest BCUT2D eigenvalue weighted by atomic mass is 10.3. The molecule has 1 atom stereocenters. The molecule has 1 amide bonds. The maximum absolute atomic E-state index is 11.7. The Hall–Kier alpha value is -1.15. The lowest BCUT2D eigenvalue weighted by Crippen LogP contribution is -2.37. The standard InChI is InChI=1S/C10H18N2O5S/c1-2-11-18(16,17)8-5-6-12(7-8)9(13)3-4-10(14)15/h8,11H,2-7H2,1H3,(H,14,15). The molecule has 104 valence electrons. The van der Waals surface area contributed by atoms with E-state index in [2.05, 4.69) is 4.72 Å². The van der Waals surface area contributed by atoms with Crippen LogP contribution in [0.4, 0.5) is 0 Å². The minimum absolute atomic E-state index is 0.0801. The molecule has 1 heterocycles. The Kier molecular flexibility index (Phi) is 5.09. The molecule has 0 saturated carbocycles. The quantitative estimate of drug-likeness (QED) is 0.674. The maximum atomic E-state index is 11.7. The first-order valence-electron chi connectivity index (χ1n) is 5.85. The monoisotopic (exact) mass is 278 g/mol. The number of amides is 1. The zero-order valence-electron chi connectivity index (χ0n) is 10.3. The third-order valence-electron chi connectivity index (χ3n) is 2.83. The van der Waals surface area contributed by atoms with Gasteiger partial charge in [0.25, 0.3) is 0 Å². The Bertz CT molecular complexity index is 420. The minimum Gasteiger partial charge on any atom is -0.481 e. The van der Waals surface area contributed by atoms with E-state index in [9.17, 15) is 18.0 Å². The van der Waals surface area contributed by atoms with Gasteiger partial charge in [-0.2, -0.15) is 0 Å². The van der Waals surface area contributed by atoms with Gasteiger partial charge in [0, 0.05) is 26.1 Å². The van der Waals surface area contributed by atoms with Crippen LogP contribution in [0.3, 0.4) is 0 Å². The van der Waals surface area contributed by atoms with Crippen LogP contribution in [-0.4, -0.2) is 55.2 Å². The second kappa shape index (κ2) is 6.14. The number of aliphatic carboxylic acids is 1. The fraction of sp³-hybridized carbons (Fsp3) is 0.800. The van der Waals surface area contributed by atoms with E-state index in [4.69, 9.17) is 5.11 Å². The average molecular weight is 278 g/mol. The molecule has 0 aromatic carbocycles. The molecule has 18 heavy (non-hydrogen) atoms. The summed E-state index contributed by atoms with van der Waals surface area (Å²) in [6.45, 7) is 2.54. The lowest BCUT2D eigenvalue weighted by Gasteiger charge is -2.16. The van der Waals surface area contributed by atoms with Gasteiger partial charge in [0.05, 0.1) is 11.7 Å². The summed E-state index contributed by atoms with van der Waals surface area (Å²) in [5.74, 6) is -1.33. The maximum Gasteiger partial charge on any atom is 0.303 e. The summed E-state index contributed by atoms with van der Waals surface area (Å²) in [5, 5.41) is 7.89. The van der Waals surface area contributed by atoms with Gasteiger partial charge in [0.15, 0.2) is 0 Å². The van der Waals surface area contributed by atoms with E-state index in [1.807, 2.05) is 0 Å². The van der Waals surface area contributed by atoms with Crippen LogP contribution in [0.25, 0.3) is 0 Å². The van der Waals surface area contributed by atoms with Crippen LogP contribution in [0.2, 0.25) is 0 Å². The number of hydrogen-bond donors (Lipinski definition) is 2. The number of nitrogens with zero attached hydrogens (tertiary/aromatic N) is 1. The molecule has 1 aliphatic rings. The lowest BCUT2D eigenvalue weighted by molar-refractivity contribution is -0.140. The van der Waals surface area contributed by atoms with Gasteiger partial charge in [-0.15, -0.1) is 0 Å². The summed E-state index contributed by atoms with van der Waals surface area (Å²) in [6, 6.07) is 0. The van der Waals surface area contributed by atoms with Crippen molar-refractivity contribution in [3.8, 4) is 0 Å². The summed E-state index contributed by atoms with van der Waals surface area (Å²) >= 11 is 0. The van der Waals surface area contributed by atoms with E-state index in [1.54, 1.807) is 6.92 Å². The SMILES string of the molecule is CCNS(=O)(=O)C1CCN(C(=O)CCC(=O)O)C1. The first kappa shape index (κ1) is 14.9.